The van der Waals surface area contributed by atoms with Gasteiger partial charge in [-0.05, 0) is 49.2 Å². The zero-order valence-electron chi connectivity index (χ0n) is 14.1. The Hall–Kier alpha value is -2.22. The number of allylic oxidation sites excluding steroid dienone is 1. The number of hydrogen-bond acceptors (Lipinski definition) is 5. The summed E-state index contributed by atoms with van der Waals surface area (Å²) < 4.78 is 48.6. The molecule has 2 aromatic carbocycles. The highest BCUT2D eigenvalue weighted by Crippen LogP contribution is 2.18. The minimum Gasteiger partial charge on any atom is -0.491 e. The van der Waals surface area contributed by atoms with Crippen LogP contribution in [0.25, 0.3) is 0 Å². The molecule has 0 aliphatic heterocycles. The molecule has 2 aromatic rings. The van der Waals surface area contributed by atoms with Gasteiger partial charge in [0.2, 0.25) is 0 Å². The quantitative estimate of drug-likeness (QED) is 0.506. The van der Waals surface area contributed by atoms with Crippen molar-refractivity contribution in [2.45, 2.75) is 23.8 Å². The molecule has 0 heterocycles. The summed E-state index contributed by atoms with van der Waals surface area (Å²) in [7, 11) is -3.93. The van der Waals surface area contributed by atoms with E-state index < -0.39 is 16.2 Å². The maximum absolute atomic E-state index is 12.9. The van der Waals surface area contributed by atoms with Crippen LogP contribution in [0, 0.1) is 5.82 Å². The Morgan fingerprint density at radius 3 is 2.38 bits per heavy atom. The van der Waals surface area contributed by atoms with Crippen LogP contribution in [0.5, 0.6) is 5.75 Å². The Morgan fingerprint density at radius 2 is 1.73 bits per heavy atom. The molecule has 26 heavy (non-hydrogen) atoms. The fourth-order valence-electron chi connectivity index (χ4n) is 2.18. The molecule has 1 unspecified atom stereocenters. The van der Waals surface area contributed by atoms with Gasteiger partial charge in [-0.15, -0.1) is 0 Å². The molecule has 0 aliphatic rings. The highest BCUT2D eigenvalue weighted by molar-refractivity contribution is 7.86. The number of ether oxygens (including phenoxy) is 1. The molecule has 2 rings (SSSR count). The number of benzene rings is 2. The lowest BCUT2D eigenvalue weighted by Crippen LogP contribution is -2.25. The number of hydrogen-bond donors (Lipinski definition) is 1. The van der Waals surface area contributed by atoms with Crippen LogP contribution in [-0.4, -0.2) is 32.8 Å². The lowest BCUT2D eigenvalue weighted by molar-refractivity contribution is 0.127. The summed E-state index contributed by atoms with van der Waals surface area (Å²) in [6.45, 7) is -0.0927. The molecule has 0 aliphatic carbocycles. The highest BCUT2D eigenvalue weighted by Gasteiger charge is 2.22. The van der Waals surface area contributed by atoms with Gasteiger partial charge in [-0.1, -0.05) is 30.4 Å². The van der Waals surface area contributed by atoms with E-state index in [1.807, 2.05) is 0 Å². The average Bonchev–Trinajstić information content (AvgIpc) is 2.65. The second kappa shape index (κ2) is 10.1. The van der Waals surface area contributed by atoms with Crippen molar-refractivity contribution < 1.29 is 26.8 Å². The Kier molecular flexibility index (Phi) is 7.77. The van der Waals surface area contributed by atoms with E-state index in [1.54, 1.807) is 30.4 Å². The lowest BCUT2D eigenvalue weighted by atomic mass is 10.2. The lowest BCUT2D eigenvalue weighted by Gasteiger charge is -2.18. The van der Waals surface area contributed by atoms with E-state index in [9.17, 15) is 12.8 Å². The van der Waals surface area contributed by atoms with Gasteiger partial charge in [-0.25, -0.2) is 4.39 Å². The molecule has 0 fully saturated rings. The summed E-state index contributed by atoms with van der Waals surface area (Å²) in [5, 5.41) is 8.77. The Labute approximate surface area is 152 Å². The Balaban J connectivity index is 2.04. The van der Waals surface area contributed by atoms with E-state index in [2.05, 4.69) is 0 Å². The first-order chi connectivity index (χ1) is 12.5. The monoisotopic (exact) mass is 380 g/mol. The number of aliphatic hydroxyl groups excluding tert-OH is 1. The predicted molar refractivity (Wildman–Crippen MR) is 95.9 cm³/mol. The zero-order chi connectivity index (χ0) is 18.8. The van der Waals surface area contributed by atoms with Crippen LogP contribution < -0.4 is 4.74 Å². The third-order valence-electron chi connectivity index (χ3n) is 3.47. The molecule has 1 atom stereocenters. The zero-order valence-corrected chi connectivity index (χ0v) is 14.9. The third kappa shape index (κ3) is 6.59. The first-order valence-electron chi connectivity index (χ1n) is 8.14. The van der Waals surface area contributed by atoms with Gasteiger partial charge in [0.05, 0.1) is 11.5 Å². The van der Waals surface area contributed by atoms with Crippen LogP contribution in [0.15, 0.2) is 71.6 Å². The SMILES string of the molecule is O=S(=O)(OC(CC/C=C/CO)COc1ccc(F)cc1)c1ccccc1. The predicted octanol–water partition coefficient (Wildman–Crippen LogP) is 3.31. The van der Waals surface area contributed by atoms with Crippen LogP contribution in [-0.2, 0) is 14.3 Å². The summed E-state index contributed by atoms with van der Waals surface area (Å²) >= 11 is 0. The number of halogens is 1. The fraction of sp³-hybridized carbons (Fsp3) is 0.263. The van der Waals surface area contributed by atoms with Crippen molar-refractivity contribution in [2.75, 3.05) is 13.2 Å². The van der Waals surface area contributed by atoms with E-state index in [0.717, 1.165) is 0 Å². The largest absolute Gasteiger partial charge is 0.491 e. The van der Waals surface area contributed by atoms with Crippen LogP contribution in [0.1, 0.15) is 12.8 Å². The van der Waals surface area contributed by atoms with Crippen LogP contribution >= 0.6 is 0 Å². The van der Waals surface area contributed by atoms with Gasteiger partial charge in [0, 0.05) is 0 Å². The maximum Gasteiger partial charge on any atom is 0.297 e. The molecule has 0 amide bonds. The third-order valence-corrected chi connectivity index (χ3v) is 4.85. The molecule has 0 bridgehead atoms. The highest BCUT2D eigenvalue weighted by atomic mass is 32.2. The maximum atomic E-state index is 12.9. The molecule has 0 aromatic heterocycles. The Morgan fingerprint density at radius 1 is 1.04 bits per heavy atom. The van der Waals surface area contributed by atoms with Crippen molar-refractivity contribution in [3.05, 3.63) is 72.6 Å². The summed E-state index contributed by atoms with van der Waals surface area (Å²) in [4.78, 5) is 0.0673. The second-order valence-corrected chi connectivity index (χ2v) is 7.05. The second-order valence-electron chi connectivity index (χ2n) is 5.48. The van der Waals surface area contributed by atoms with Crippen molar-refractivity contribution in [2.24, 2.45) is 0 Å². The molecule has 140 valence electrons. The van der Waals surface area contributed by atoms with Gasteiger partial charge in [-0.2, -0.15) is 8.42 Å². The summed E-state index contributed by atoms with van der Waals surface area (Å²) in [6.07, 6.45) is 3.48. The number of aliphatic hydroxyl groups is 1. The molecular weight excluding hydrogens is 359 g/mol. The summed E-state index contributed by atoms with van der Waals surface area (Å²) in [6, 6.07) is 13.3. The van der Waals surface area contributed by atoms with Crippen molar-refractivity contribution in [1.82, 2.24) is 0 Å². The molecule has 0 spiro atoms. The molecule has 0 saturated heterocycles. The van der Waals surface area contributed by atoms with E-state index >= 15 is 0 Å². The minimum atomic E-state index is -3.93. The van der Waals surface area contributed by atoms with Gasteiger partial charge in [0.1, 0.15) is 24.3 Å². The topological polar surface area (TPSA) is 72.8 Å². The molecule has 0 saturated carbocycles. The van der Waals surface area contributed by atoms with Crippen molar-refractivity contribution in [1.29, 1.82) is 0 Å². The van der Waals surface area contributed by atoms with Gasteiger partial charge in [0.25, 0.3) is 10.1 Å². The van der Waals surface area contributed by atoms with E-state index in [1.165, 1.54) is 36.4 Å². The van der Waals surface area contributed by atoms with Crippen LogP contribution in [0.2, 0.25) is 0 Å². The van der Waals surface area contributed by atoms with Gasteiger partial charge < -0.3 is 9.84 Å². The molecular formula is C19H21FO5S. The van der Waals surface area contributed by atoms with Crippen molar-refractivity contribution in [3.8, 4) is 5.75 Å². The van der Waals surface area contributed by atoms with Crippen molar-refractivity contribution >= 4 is 10.1 Å². The minimum absolute atomic E-state index is 0.00926. The number of rotatable bonds is 10. The first-order valence-corrected chi connectivity index (χ1v) is 9.54. The molecule has 1 N–H and O–H groups in total. The first kappa shape index (κ1) is 20.1. The molecule has 7 heteroatoms. The molecule has 0 radical (unpaired) electrons. The van der Waals surface area contributed by atoms with E-state index in [0.29, 0.717) is 18.6 Å². The molecule has 5 nitrogen and oxygen atoms in total. The smallest absolute Gasteiger partial charge is 0.297 e. The van der Waals surface area contributed by atoms with Gasteiger partial charge in [-0.3, -0.25) is 4.18 Å². The fourth-order valence-corrected chi connectivity index (χ4v) is 3.29. The normalized spacial score (nSPS) is 13.0. The summed E-state index contributed by atoms with van der Waals surface area (Å²) in [5.74, 6) is 0.0361. The van der Waals surface area contributed by atoms with Gasteiger partial charge in [0.15, 0.2) is 0 Å². The standard InChI is InChI=1S/C19H21FO5S/c20-16-10-12-17(13-11-16)24-15-18(7-3-2-6-14-21)25-26(22,23)19-8-4-1-5-9-19/h1-2,4-6,8-13,18,21H,3,7,14-15H2/b6-2+. The summed E-state index contributed by atoms with van der Waals surface area (Å²) in [5.41, 5.74) is 0. The van der Waals surface area contributed by atoms with Crippen molar-refractivity contribution in [3.63, 3.8) is 0 Å². The van der Waals surface area contributed by atoms with E-state index in [4.69, 9.17) is 14.0 Å². The van der Waals surface area contributed by atoms with Crippen LogP contribution in [0.4, 0.5) is 4.39 Å². The van der Waals surface area contributed by atoms with Gasteiger partial charge >= 0.3 is 0 Å². The van der Waals surface area contributed by atoms with E-state index in [-0.39, 0.29) is 23.9 Å². The van der Waals surface area contributed by atoms with Crippen LogP contribution in [0.3, 0.4) is 0 Å². The average molecular weight is 380 g/mol. The Bertz CT molecular complexity index is 788.